The highest BCUT2D eigenvalue weighted by molar-refractivity contribution is 5.92. The summed E-state index contributed by atoms with van der Waals surface area (Å²) in [4.78, 5) is 76.0. The maximum atomic E-state index is 12.4. The number of nitrogens with two attached hydrogens (primary N) is 1. The van der Waals surface area contributed by atoms with E-state index in [0.717, 1.165) is 0 Å². The summed E-state index contributed by atoms with van der Waals surface area (Å²) < 4.78 is 0. The number of nitrogens with zero attached hydrogens (tertiary/aromatic N) is 1. The van der Waals surface area contributed by atoms with Gasteiger partial charge in [-0.05, 0) is 12.8 Å². The van der Waals surface area contributed by atoms with E-state index in [1.54, 1.807) is 0 Å². The minimum absolute atomic E-state index is 0.129. The van der Waals surface area contributed by atoms with Crippen molar-refractivity contribution in [1.29, 1.82) is 0 Å². The molecule has 3 atom stereocenters. The Hall–Kier alpha value is -4.01. The Morgan fingerprint density at radius 2 is 1.55 bits per heavy atom. The molecule has 0 bridgehead atoms. The van der Waals surface area contributed by atoms with E-state index < -0.39 is 79.6 Å². The number of carbonyl (C=O) groups excluding carboxylic acids is 3. The molecule has 9 N–H and O–H groups in total. The van der Waals surface area contributed by atoms with Crippen LogP contribution in [-0.4, -0.2) is 85.6 Å². The lowest BCUT2D eigenvalue weighted by atomic mass is 10.1. The van der Waals surface area contributed by atoms with Gasteiger partial charge in [-0.15, -0.1) is 0 Å². The van der Waals surface area contributed by atoms with Crippen molar-refractivity contribution in [1.82, 2.24) is 25.9 Å². The fourth-order valence-electron chi connectivity index (χ4n) is 2.60. The minimum Gasteiger partial charge on any atom is -0.481 e. The molecule has 15 heteroatoms. The second-order valence-electron chi connectivity index (χ2n) is 6.99. The maximum absolute atomic E-state index is 12.4. The summed E-state index contributed by atoms with van der Waals surface area (Å²) in [6.07, 6.45) is 1.18. The molecule has 0 aliphatic heterocycles. The van der Waals surface area contributed by atoms with Crippen LogP contribution in [0.25, 0.3) is 0 Å². The highest BCUT2D eigenvalue weighted by Crippen LogP contribution is 2.03. The molecule has 0 aliphatic carbocycles. The van der Waals surface area contributed by atoms with Gasteiger partial charge in [0.1, 0.15) is 12.1 Å². The molecule has 3 unspecified atom stereocenters. The lowest BCUT2D eigenvalue weighted by molar-refractivity contribution is -0.144. The number of carboxylic acids is 3. The molecule has 0 saturated carbocycles. The third kappa shape index (κ3) is 10.7. The summed E-state index contributed by atoms with van der Waals surface area (Å²) in [5.41, 5.74) is 6.34. The van der Waals surface area contributed by atoms with Gasteiger partial charge >= 0.3 is 17.9 Å². The standard InChI is InChI=1S/C18H26N6O9/c19-10(5-9-6-20-8-22-9)16(30)21-7-13(25)23-11(1-3-14(26)27)17(31)24-12(18(32)33)2-4-15(28)29/h6,8,10-12H,1-5,7,19H2,(H,20,22)(H,21,30)(H,23,25)(H,24,31)(H,26,27)(H,28,29)(H,32,33). The SMILES string of the molecule is NC(Cc1cnc[nH]1)C(=O)NCC(=O)NC(CCC(=O)O)C(=O)NC(CCC(=O)O)C(=O)O. The molecule has 1 rings (SSSR count). The van der Waals surface area contributed by atoms with Gasteiger partial charge < -0.3 is 42.0 Å². The predicted octanol–water partition coefficient (Wildman–Crippen LogP) is -2.82. The number of amides is 3. The van der Waals surface area contributed by atoms with Gasteiger partial charge in [-0.2, -0.15) is 0 Å². The quantitative estimate of drug-likeness (QED) is 0.130. The second kappa shape index (κ2) is 13.4. The monoisotopic (exact) mass is 470 g/mol. The number of nitrogens with one attached hydrogen (secondary N) is 4. The minimum atomic E-state index is -1.56. The first-order valence-corrected chi connectivity index (χ1v) is 9.76. The molecule has 0 spiro atoms. The molecule has 1 heterocycles. The number of H-pyrrole nitrogens is 1. The van der Waals surface area contributed by atoms with Crippen LogP contribution in [0.3, 0.4) is 0 Å². The Kier molecular flexibility index (Phi) is 11.0. The van der Waals surface area contributed by atoms with Gasteiger partial charge in [0.25, 0.3) is 0 Å². The fourth-order valence-corrected chi connectivity index (χ4v) is 2.60. The van der Waals surface area contributed by atoms with Crippen molar-refractivity contribution in [2.45, 2.75) is 50.2 Å². The summed E-state index contributed by atoms with van der Waals surface area (Å²) in [7, 11) is 0. The van der Waals surface area contributed by atoms with Crippen LogP contribution in [-0.2, 0) is 35.2 Å². The number of aliphatic carboxylic acids is 3. The number of imidazole rings is 1. The van der Waals surface area contributed by atoms with E-state index in [1.165, 1.54) is 12.5 Å². The molecule has 0 fully saturated rings. The van der Waals surface area contributed by atoms with Crippen LogP contribution in [0, 0.1) is 0 Å². The smallest absolute Gasteiger partial charge is 0.326 e. The van der Waals surface area contributed by atoms with Crippen LogP contribution in [0.15, 0.2) is 12.5 Å². The van der Waals surface area contributed by atoms with Gasteiger partial charge in [-0.3, -0.25) is 24.0 Å². The number of hydrogen-bond acceptors (Lipinski definition) is 8. The largest absolute Gasteiger partial charge is 0.481 e. The summed E-state index contributed by atoms with van der Waals surface area (Å²) in [6.45, 7) is -0.576. The zero-order valence-electron chi connectivity index (χ0n) is 17.4. The Labute approximate surface area is 187 Å². The number of carboxylic acid groups (broad SMARTS) is 3. The van der Waals surface area contributed by atoms with Crippen molar-refractivity contribution >= 4 is 35.6 Å². The van der Waals surface area contributed by atoms with Gasteiger partial charge in [0.05, 0.1) is 18.9 Å². The van der Waals surface area contributed by atoms with Gasteiger partial charge in [-0.25, -0.2) is 9.78 Å². The highest BCUT2D eigenvalue weighted by atomic mass is 16.4. The summed E-state index contributed by atoms with van der Waals surface area (Å²) in [5.74, 6) is -6.55. The second-order valence-corrected chi connectivity index (χ2v) is 6.99. The zero-order valence-corrected chi connectivity index (χ0v) is 17.4. The summed E-state index contributed by atoms with van der Waals surface area (Å²) in [5, 5.41) is 33.3. The number of aromatic amines is 1. The van der Waals surface area contributed by atoms with Crippen molar-refractivity contribution in [3.8, 4) is 0 Å². The fraction of sp³-hybridized carbons (Fsp3) is 0.500. The number of rotatable bonds is 15. The Balaban J connectivity index is 2.67. The third-order valence-corrected chi connectivity index (χ3v) is 4.31. The van der Waals surface area contributed by atoms with Crippen LogP contribution in [0.5, 0.6) is 0 Å². The zero-order chi connectivity index (χ0) is 25.0. The Morgan fingerprint density at radius 1 is 0.939 bits per heavy atom. The maximum Gasteiger partial charge on any atom is 0.326 e. The van der Waals surface area contributed by atoms with Gasteiger partial charge in [0.15, 0.2) is 0 Å². The van der Waals surface area contributed by atoms with E-state index in [1.807, 2.05) is 0 Å². The van der Waals surface area contributed by atoms with Crippen molar-refractivity contribution in [3.05, 3.63) is 18.2 Å². The van der Waals surface area contributed by atoms with E-state index in [-0.39, 0.29) is 12.8 Å². The molecule has 182 valence electrons. The predicted molar refractivity (Wildman–Crippen MR) is 109 cm³/mol. The summed E-state index contributed by atoms with van der Waals surface area (Å²) in [6, 6.07) is -3.98. The molecular formula is C18H26N6O9. The normalized spacial score (nSPS) is 13.2. The molecule has 1 aromatic heterocycles. The topological polar surface area (TPSA) is 254 Å². The van der Waals surface area contributed by atoms with Crippen LogP contribution in [0.1, 0.15) is 31.4 Å². The van der Waals surface area contributed by atoms with Gasteiger partial charge in [0.2, 0.25) is 17.7 Å². The van der Waals surface area contributed by atoms with E-state index in [9.17, 15) is 28.8 Å². The van der Waals surface area contributed by atoms with Gasteiger partial charge in [0, 0.05) is 31.2 Å². The number of aromatic nitrogens is 2. The lowest BCUT2D eigenvalue weighted by Crippen LogP contribution is -2.54. The van der Waals surface area contributed by atoms with Crippen molar-refractivity contribution in [3.63, 3.8) is 0 Å². The van der Waals surface area contributed by atoms with Crippen LogP contribution >= 0.6 is 0 Å². The van der Waals surface area contributed by atoms with E-state index in [0.29, 0.717) is 5.69 Å². The van der Waals surface area contributed by atoms with Crippen molar-refractivity contribution in [2.75, 3.05) is 6.54 Å². The average molecular weight is 470 g/mol. The van der Waals surface area contributed by atoms with Crippen molar-refractivity contribution < 1.29 is 44.1 Å². The summed E-state index contributed by atoms with van der Waals surface area (Å²) >= 11 is 0. The molecule has 0 saturated heterocycles. The van der Waals surface area contributed by atoms with Crippen molar-refractivity contribution in [2.24, 2.45) is 5.73 Å². The van der Waals surface area contributed by atoms with Crippen LogP contribution in [0.2, 0.25) is 0 Å². The van der Waals surface area contributed by atoms with E-state index >= 15 is 0 Å². The Bertz CT molecular complexity index is 858. The molecule has 0 aromatic carbocycles. The molecule has 0 aliphatic rings. The molecule has 3 amide bonds. The molecule has 0 radical (unpaired) electrons. The molecule has 15 nitrogen and oxygen atoms in total. The third-order valence-electron chi connectivity index (χ3n) is 4.31. The first-order valence-electron chi connectivity index (χ1n) is 9.76. The molecule has 33 heavy (non-hydrogen) atoms. The first-order chi connectivity index (χ1) is 15.5. The van der Waals surface area contributed by atoms with Crippen LogP contribution in [0.4, 0.5) is 0 Å². The average Bonchev–Trinajstić information content (AvgIpc) is 3.24. The first kappa shape index (κ1) is 27.0. The number of hydrogen-bond donors (Lipinski definition) is 8. The number of carbonyl (C=O) groups is 6. The lowest BCUT2D eigenvalue weighted by Gasteiger charge is -2.21. The van der Waals surface area contributed by atoms with E-state index in [2.05, 4.69) is 25.9 Å². The van der Waals surface area contributed by atoms with Gasteiger partial charge in [-0.1, -0.05) is 0 Å². The highest BCUT2D eigenvalue weighted by Gasteiger charge is 2.27. The van der Waals surface area contributed by atoms with E-state index in [4.69, 9.17) is 21.1 Å². The Morgan fingerprint density at radius 3 is 2.06 bits per heavy atom. The molecular weight excluding hydrogens is 444 g/mol. The van der Waals surface area contributed by atoms with Crippen LogP contribution < -0.4 is 21.7 Å². The molecule has 1 aromatic rings.